The zero-order valence-electron chi connectivity index (χ0n) is 19.3. The molecule has 1 aromatic carbocycles. The minimum atomic E-state index is 0.324. The van der Waals surface area contributed by atoms with Crippen molar-refractivity contribution in [3.8, 4) is 0 Å². The summed E-state index contributed by atoms with van der Waals surface area (Å²) < 4.78 is 16.6. The van der Waals surface area contributed by atoms with Gasteiger partial charge in [-0.2, -0.15) is 0 Å². The lowest BCUT2D eigenvalue weighted by atomic mass is 10.1. The van der Waals surface area contributed by atoms with Gasteiger partial charge in [0.15, 0.2) is 5.96 Å². The SMILES string of the molecule is CN=C(NCc1cccc(COC2CCOCC2)c1)NC1CCN(CCCOC)CC1. The molecule has 0 atom stereocenters. The second-order valence-corrected chi connectivity index (χ2v) is 8.48. The summed E-state index contributed by atoms with van der Waals surface area (Å²) in [6.45, 7) is 7.27. The number of benzene rings is 1. The summed E-state index contributed by atoms with van der Waals surface area (Å²) in [7, 11) is 3.61. The predicted molar refractivity (Wildman–Crippen MR) is 124 cm³/mol. The highest BCUT2D eigenvalue weighted by Crippen LogP contribution is 2.14. The summed E-state index contributed by atoms with van der Waals surface area (Å²) in [5, 5.41) is 7.07. The average Bonchev–Trinajstić information content (AvgIpc) is 2.82. The number of hydrogen-bond acceptors (Lipinski definition) is 5. The number of nitrogens with zero attached hydrogens (tertiary/aromatic N) is 2. The van der Waals surface area contributed by atoms with Gasteiger partial charge in [-0.25, -0.2) is 0 Å². The van der Waals surface area contributed by atoms with Crippen LogP contribution in [-0.4, -0.2) is 76.6 Å². The van der Waals surface area contributed by atoms with Crippen LogP contribution in [0.3, 0.4) is 0 Å². The van der Waals surface area contributed by atoms with E-state index >= 15 is 0 Å². The van der Waals surface area contributed by atoms with E-state index in [0.717, 1.165) is 84.1 Å². The third-order valence-electron chi connectivity index (χ3n) is 6.08. The van der Waals surface area contributed by atoms with Crippen LogP contribution in [0.2, 0.25) is 0 Å². The minimum Gasteiger partial charge on any atom is -0.385 e. The largest absolute Gasteiger partial charge is 0.385 e. The normalized spacial score (nSPS) is 19.5. The van der Waals surface area contributed by atoms with E-state index in [9.17, 15) is 0 Å². The Kier molecular flexibility index (Phi) is 10.6. The van der Waals surface area contributed by atoms with Gasteiger partial charge in [-0.05, 0) is 43.2 Å². The molecule has 0 radical (unpaired) electrons. The standard InChI is InChI=1S/C24H40N4O3/c1-25-24(27-22-7-12-28(13-8-22)11-4-14-29-2)26-18-20-5-3-6-21(17-20)19-31-23-9-15-30-16-10-23/h3,5-6,17,22-23H,4,7-16,18-19H2,1-2H3,(H2,25,26,27). The lowest BCUT2D eigenvalue weighted by Crippen LogP contribution is -2.48. The van der Waals surface area contributed by atoms with E-state index in [4.69, 9.17) is 14.2 Å². The van der Waals surface area contributed by atoms with Crippen molar-refractivity contribution >= 4 is 5.96 Å². The zero-order chi connectivity index (χ0) is 21.7. The molecule has 0 bridgehead atoms. The van der Waals surface area contributed by atoms with Gasteiger partial charge >= 0.3 is 0 Å². The van der Waals surface area contributed by atoms with Gasteiger partial charge in [0.1, 0.15) is 0 Å². The summed E-state index contributed by atoms with van der Waals surface area (Å²) in [4.78, 5) is 6.95. The highest BCUT2D eigenvalue weighted by Gasteiger charge is 2.19. The van der Waals surface area contributed by atoms with Crippen molar-refractivity contribution in [1.82, 2.24) is 15.5 Å². The van der Waals surface area contributed by atoms with Crippen LogP contribution < -0.4 is 10.6 Å². The monoisotopic (exact) mass is 432 g/mol. The van der Waals surface area contributed by atoms with Gasteiger partial charge in [-0.1, -0.05) is 24.3 Å². The Morgan fingerprint density at radius 1 is 1.16 bits per heavy atom. The molecule has 1 aromatic rings. The number of likely N-dealkylation sites (tertiary alicyclic amines) is 1. The van der Waals surface area contributed by atoms with E-state index in [1.807, 2.05) is 7.05 Å². The molecule has 0 spiro atoms. The molecule has 0 saturated carbocycles. The third-order valence-corrected chi connectivity index (χ3v) is 6.08. The molecule has 2 N–H and O–H groups in total. The van der Waals surface area contributed by atoms with Gasteiger partial charge in [0.2, 0.25) is 0 Å². The van der Waals surface area contributed by atoms with Crippen molar-refractivity contribution in [2.45, 2.75) is 57.4 Å². The van der Waals surface area contributed by atoms with Crippen molar-refractivity contribution in [1.29, 1.82) is 0 Å². The van der Waals surface area contributed by atoms with Gasteiger partial charge < -0.3 is 29.7 Å². The quantitative estimate of drug-likeness (QED) is 0.337. The van der Waals surface area contributed by atoms with Gasteiger partial charge in [-0.15, -0.1) is 0 Å². The Balaban J connectivity index is 1.37. The number of nitrogens with one attached hydrogen (secondary N) is 2. The Labute approximate surface area is 187 Å². The molecule has 7 heteroatoms. The molecule has 2 aliphatic heterocycles. The second kappa shape index (κ2) is 13.7. The summed E-state index contributed by atoms with van der Waals surface area (Å²) in [6, 6.07) is 9.09. The van der Waals surface area contributed by atoms with Gasteiger partial charge in [-0.3, -0.25) is 4.99 Å². The topological polar surface area (TPSA) is 67.4 Å². The molecule has 0 aliphatic carbocycles. The van der Waals surface area contributed by atoms with E-state index in [0.29, 0.717) is 18.8 Å². The van der Waals surface area contributed by atoms with Crippen LogP contribution in [0.15, 0.2) is 29.3 Å². The molecule has 0 amide bonds. The molecule has 0 unspecified atom stereocenters. The Hall–Kier alpha value is -1.67. The predicted octanol–water partition coefficient (Wildman–Crippen LogP) is 2.55. The van der Waals surface area contributed by atoms with Crippen LogP contribution in [0, 0.1) is 0 Å². The highest BCUT2D eigenvalue weighted by atomic mass is 16.5. The number of hydrogen-bond donors (Lipinski definition) is 2. The molecule has 3 rings (SSSR count). The number of ether oxygens (including phenoxy) is 3. The van der Waals surface area contributed by atoms with Crippen molar-refractivity contribution < 1.29 is 14.2 Å². The van der Waals surface area contributed by atoms with Crippen molar-refractivity contribution in [2.75, 3.05) is 53.6 Å². The molecule has 2 fully saturated rings. The number of rotatable bonds is 10. The molecule has 7 nitrogen and oxygen atoms in total. The fourth-order valence-electron chi connectivity index (χ4n) is 4.19. The maximum absolute atomic E-state index is 6.06. The van der Waals surface area contributed by atoms with E-state index in [1.165, 1.54) is 11.1 Å². The lowest BCUT2D eigenvalue weighted by Gasteiger charge is -2.33. The fraction of sp³-hybridized carbons (Fsp3) is 0.708. The van der Waals surface area contributed by atoms with E-state index in [2.05, 4.69) is 44.8 Å². The molecule has 0 aromatic heterocycles. The van der Waals surface area contributed by atoms with Crippen molar-refractivity contribution in [2.24, 2.45) is 4.99 Å². The number of aliphatic imine (C=N–C) groups is 1. The van der Waals surface area contributed by atoms with E-state index in [1.54, 1.807) is 7.11 Å². The van der Waals surface area contributed by atoms with Gasteiger partial charge in [0.25, 0.3) is 0 Å². The van der Waals surface area contributed by atoms with Crippen LogP contribution in [0.4, 0.5) is 0 Å². The van der Waals surface area contributed by atoms with Crippen LogP contribution in [-0.2, 0) is 27.4 Å². The molecule has 174 valence electrons. The van der Waals surface area contributed by atoms with Crippen LogP contribution in [0.25, 0.3) is 0 Å². The van der Waals surface area contributed by atoms with Crippen molar-refractivity contribution in [3.05, 3.63) is 35.4 Å². The average molecular weight is 433 g/mol. The van der Waals surface area contributed by atoms with E-state index in [-0.39, 0.29) is 0 Å². The summed E-state index contributed by atoms with van der Waals surface area (Å²) >= 11 is 0. The summed E-state index contributed by atoms with van der Waals surface area (Å²) in [5.74, 6) is 0.877. The Bertz CT molecular complexity index is 656. The smallest absolute Gasteiger partial charge is 0.191 e. The molecular formula is C24H40N4O3. The molecule has 31 heavy (non-hydrogen) atoms. The highest BCUT2D eigenvalue weighted by molar-refractivity contribution is 5.79. The third kappa shape index (κ3) is 8.77. The van der Waals surface area contributed by atoms with Gasteiger partial charge in [0, 0.05) is 66.2 Å². The maximum Gasteiger partial charge on any atom is 0.191 e. The van der Waals surface area contributed by atoms with Gasteiger partial charge in [0.05, 0.1) is 12.7 Å². The number of piperidine rings is 1. The summed E-state index contributed by atoms with van der Waals surface area (Å²) in [5.41, 5.74) is 2.46. The summed E-state index contributed by atoms with van der Waals surface area (Å²) in [6.07, 6.45) is 5.71. The van der Waals surface area contributed by atoms with E-state index < -0.39 is 0 Å². The number of methoxy groups -OCH3 is 1. The maximum atomic E-state index is 6.06. The van der Waals surface area contributed by atoms with Crippen LogP contribution in [0.1, 0.15) is 43.2 Å². The lowest BCUT2D eigenvalue weighted by molar-refractivity contribution is -0.0390. The Morgan fingerprint density at radius 2 is 1.94 bits per heavy atom. The van der Waals surface area contributed by atoms with Crippen LogP contribution >= 0.6 is 0 Å². The van der Waals surface area contributed by atoms with Crippen LogP contribution in [0.5, 0.6) is 0 Å². The molecular weight excluding hydrogens is 392 g/mol. The Morgan fingerprint density at radius 3 is 2.68 bits per heavy atom. The first-order chi connectivity index (χ1) is 15.3. The fourth-order valence-corrected chi connectivity index (χ4v) is 4.19. The zero-order valence-corrected chi connectivity index (χ0v) is 19.3. The molecule has 2 aliphatic rings. The number of guanidine groups is 1. The van der Waals surface area contributed by atoms with Crippen molar-refractivity contribution in [3.63, 3.8) is 0 Å². The molecule has 2 heterocycles. The first kappa shape index (κ1) is 24.0. The second-order valence-electron chi connectivity index (χ2n) is 8.48. The first-order valence-electron chi connectivity index (χ1n) is 11.7. The first-order valence-corrected chi connectivity index (χ1v) is 11.7. The minimum absolute atomic E-state index is 0.324. The molecule has 2 saturated heterocycles.